The van der Waals surface area contributed by atoms with Gasteiger partial charge in [-0.3, -0.25) is 10.1 Å². The lowest BCUT2D eigenvalue weighted by molar-refractivity contribution is 0.102. The number of benzene rings is 3. The molecule has 0 aliphatic carbocycles. The standard InChI is InChI=1S/C20H14N2OS/c23-19(15-7-2-1-3-8-15)22-20-21-18(13-24-20)17-11-10-14-6-4-5-9-16(14)12-17/h1-13H,(H,21,22,23). The number of thiazole rings is 1. The highest BCUT2D eigenvalue weighted by atomic mass is 32.1. The van der Waals surface area contributed by atoms with Crippen LogP contribution in [0.25, 0.3) is 22.0 Å². The molecule has 4 aromatic rings. The molecule has 0 saturated carbocycles. The van der Waals surface area contributed by atoms with Gasteiger partial charge in [-0.25, -0.2) is 4.98 Å². The molecule has 3 aromatic carbocycles. The smallest absolute Gasteiger partial charge is 0.257 e. The van der Waals surface area contributed by atoms with Gasteiger partial charge in [0.15, 0.2) is 5.13 Å². The van der Waals surface area contributed by atoms with Crippen LogP contribution in [0.5, 0.6) is 0 Å². The molecule has 0 aliphatic heterocycles. The number of carbonyl (C=O) groups excluding carboxylic acids is 1. The van der Waals surface area contributed by atoms with Gasteiger partial charge in [0, 0.05) is 16.5 Å². The van der Waals surface area contributed by atoms with E-state index in [0.29, 0.717) is 10.7 Å². The summed E-state index contributed by atoms with van der Waals surface area (Å²) in [5, 5.41) is 7.80. The largest absolute Gasteiger partial charge is 0.298 e. The fourth-order valence-electron chi connectivity index (χ4n) is 2.57. The molecule has 24 heavy (non-hydrogen) atoms. The number of anilines is 1. The van der Waals surface area contributed by atoms with E-state index in [4.69, 9.17) is 0 Å². The van der Waals surface area contributed by atoms with Crippen LogP contribution in [0.2, 0.25) is 0 Å². The Morgan fingerprint density at radius 2 is 1.62 bits per heavy atom. The molecule has 4 heteroatoms. The molecule has 1 heterocycles. The number of hydrogen-bond donors (Lipinski definition) is 1. The Morgan fingerprint density at radius 3 is 2.46 bits per heavy atom. The molecule has 0 radical (unpaired) electrons. The van der Waals surface area contributed by atoms with E-state index in [0.717, 1.165) is 11.3 Å². The van der Waals surface area contributed by atoms with Crippen LogP contribution in [-0.2, 0) is 0 Å². The molecular formula is C20H14N2OS. The van der Waals surface area contributed by atoms with Gasteiger partial charge in [-0.1, -0.05) is 54.6 Å². The average molecular weight is 330 g/mol. The van der Waals surface area contributed by atoms with Crippen molar-refractivity contribution in [2.45, 2.75) is 0 Å². The Kier molecular flexibility index (Phi) is 3.81. The van der Waals surface area contributed by atoms with Crippen LogP contribution in [0.3, 0.4) is 0 Å². The van der Waals surface area contributed by atoms with Gasteiger partial charge in [0.05, 0.1) is 5.69 Å². The lowest BCUT2D eigenvalue weighted by atomic mass is 10.1. The number of nitrogens with one attached hydrogen (secondary N) is 1. The van der Waals surface area contributed by atoms with Crippen molar-refractivity contribution in [3.8, 4) is 11.3 Å². The minimum absolute atomic E-state index is 0.144. The molecular weight excluding hydrogens is 316 g/mol. The van der Waals surface area contributed by atoms with Gasteiger partial charge in [0.1, 0.15) is 0 Å². The van der Waals surface area contributed by atoms with Crippen molar-refractivity contribution in [2.75, 3.05) is 5.32 Å². The van der Waals surface area contributed by atoms with E-state index >= 15 is 0 Å². The van der Waals surface area contributed by atoms with E-state index < -0.39 is 0 Å². The quantitative estimate of drug-likeness (QED) is 0.560. The molecule has 0 bridgehead atoms. The van der Waals surface area contributed by atoms with Gasteiger partial charge in [0.25, 0.3) is 5.91 Å². The van der Waals surface area contributed by atoms with Gasteiger partial charge in [-0.15, -0.1) is 11.3 Å². The minimum Gasteiger partial charge on any atom is -0.298 e. The summed E-state index contributed by atoms with van der Waals surface area (Å²) in [5.41, 5.74) is 2.54. The second-order valence-electron chi connectivity index (χ2n) is 5.42. The summed E-state index contributed by atoms with van der Waals surface area (Å²) in [6.07, 6.45) is 0. The van der Waals surface area contributed by atoms with E-state index in [9.17, 15) is 4.79 Å². The second kappa shape index (κ2) is 6.26. The van der Waals surface area contributed by atoms with Gasteiger partial charge in [0.2, 0.25) is 0 Å². The van der Waals surface area contributed by atoms with Crippen LogP contribution in [0.15, 0.2) is 78.2 Å². The van der Waals surface area contributed by atoms with E-state index in [2.05, 4.69) is 40.6 Å². The molecule has 1 aromatic heterocycles. The number of aromatic nitrogens is 1. The predicted molar refractivity (Wildman–Crippen MR) is 99.5 cm³/mol. The first-order valence-electron chi connectivity index (χ1n) is 7.61. The molecule has 0 spiro atoms. The Morgan fingerprint density at radius 1 is 0.875 bits per heavy atom. The molecule has 0 unspecified atom stereocenters. The topological polar surface area (TPSA) is 42.0 Å². The summed E-state index contributed by atoms with van der Waals surface area (Å²) in [6.45, 7) is 0. The third-order valence-corrected chi connectivity index (χ3v) is 4.56. The molecule has 3 nitrogen and oxygen atoms in total. The van der Waals surface area contributed by atoms with E-state index in [-0.39, 0.29) is 5.91 Å². The Labute approximate surface area is 143 Å². The van der Waals surface area contributed by atoms with Crippen molar-refractivity contribution in [1.82, 2.24) is 4.98 Å². The third-order valence-electron chi connectivity index (χ3n) is 3.81. The normalized spacial score (nSPS) is 10.7. The Hall–Kier alpha value is -2.98. The fraction of sp³-hybridized carbons (Fsp3) is 0. The number of hydrogen-bond acceptors (Lipinski definition) is 3. The number of carbonyl (C=O) groups is 1. The van der Waals surface area contributed by atoms with Crippen molar-refractivity contribution >= 4 is 33.1 Å². The molecule has 116 valence electrons. The van der Waals surface area contributed by atoms with Crippen LogP contribution in [0, 0.1) is 0 Å². The molecule has 0 atom stereocenters. The molecule has 0 fully saturated rings. The fourth-order valence-corrected chi connectivity index (χ4v) is 3.29. The molecule has 0 aliphatic rings. The second-order valence-corrected chi connectivity index (χ2v) is 6.28. The summed E-state index contributed by atoms with van der Waals surface area (Å²) >= 11 is 1.43. The number of fused-ring (bicyclic) bond motifs is 1. The van der Waals surface area contributed by atoms with Crippen LogP contribution in [0.4, 0.5) is 5.13 Å². The van der Waals surface area contributed by atoms with Crippen LogP contribution in [0.1, 0.15) is 10.4 Å². The van der Waals surface area contributed by atoms with Crippen molar-refractivity contribution < 1.29 is 4.79 Å². The molecule has 1 amide bonds. The highest BCUT2D eigenvalue weighted by molar-refractivity contribution is 7.14. The highest BCUT2D eigenvalue weighted by Gasteiger charge is 2.10. The maximum Gasteiger partial charge on any atom is 0.257 e. The lowest BCUT2D eigenvalue weighted by Gasteiger charge is -2.02. The highest BCUT2D eigenvalue weighted by Crippen LogP contribution is 2.28. The van der Waals surface area contributed by atoms with Gasteiger partial charge in [-0.05, 0) is 29.0 Å². The summed E-state index contributed by atoms with van der Waals surface area (Å²) in [5.74, 6) is -0.144. The first-order chi connectivity index (χ1) is 11.8. The van der Waals surface area contributed by atoms with Gasteiger partial charge < -0.3 is 0 Å². The molecule has 4 rings (SSSR count). The molecule has 1 N–H and O–H groups in total. The van der Waals surface area contributed by atoms with E-state index in [1.807, 2.05) is 35.7 Å². The summed E-state index contributed by atoms with van der Waals surface area (Å²) in [7, 11) is 0. The number of rotatable bonds is 3. The van der Waals surface area contributed by atoms with Crippen LogP contribution in [-0.4, -0.2) is 10.9 Å². The monoisotopic (exact) mass is 330 g/mol. The predicted octanol–water partition coefficient (Wildman–Crippen LogP) is 5.22. The summed E-state index contributed by atoms with van der Waals surface area (Å²) < 4.78 is 0. The zero-order valence-corrected chi connectivity index (χ0v) is 13.6. The maximum atomic E-state index is 12.2. The maximum absolute atomic E-state index is 12.2. The first kappa shape index (κ1) is 14.6. The number of amides is 1. The number of nitrogens with zero attached hydrogens (tertiary/aromatic N) is 1. The van der Waals surface area contributed by atoms with E-state index in [1.165, 1.54) is 22.1 Å². The Bertz CT molecular complexity index is 1010. The zero-order valence-electron chi connectivity index (χ0n) is 12.8. The average Bonchev–Trinajstić information content (AvgIpc) is 3.10. The first-order valence-corrected chi connectivity index (χ1v) is 8.49. The van der Waals surface area contributed by atoms with Crippen molar-refractivity contribution in [2.24, 2.45) is 0 Å². The van der Waals surface area contributed by atoms with Crippen molar-refractivity contribution in [3.05, 3.63) is 83.7 Å². The van der Waals surface area contributed by atoms with Gasteiger partial charge in [-0.2, -0.15) is 0 Å². The van der Waals surface area contributed by atoms with Crippen molar-refractivity contribution in [3.63, 3.8) is 0 Å². The summed E-state index contributed by atoms with van der Waals surface area (Å²) in [4.78, 5) is 16.7. The SMILES string of the molecule is O=C(Nc1nc(-c2ccc3ccccc3c2)cs1)c1ccccc1. The minimum atomic E-state index is -0.144. The lowest BCUT2D eigenvalue weighted by Crippen LogP contribution is -2.11. The van der Waals surface area contributed by atoms with Gasteiger partial charge >= 0.3 is 0 Å². The summed E-state index contributed by atoms with van der Waals surface area (Å²) in [6, 6.07) is 23.6. The Balaban J connectivity index is 1.58. The van der Waals surface area contributed by atoms with Crippen LogP contribution >= 0.6 is 11.3 Å². The zero-order chi connectivity index (χ0) is 16.4. The van der Waals surface area contributed by atoms with E-state index in [1.54, 1.807) is 12.1 Å². The van der Waals surface area contributed by atoms with Crippen LogP contribution < -0.4 is 5.32 Å². The molecule has 0 saturated heterocycles. The van der Waals surface area contributed by atoms with Crippen molar-refractivity contribution in [1.29, 1.82) is 0 Å². The third kappa shape index (κ3) is 2.92.